The zero-order valence-corrected chi connectivity index (χ0v) is 17.7. The Bertz CT molecular complexity index is 973. The summed E-state index contributed by atoms with van der Waals surface area (Å²) in [6.07, 6.45) is 3.58. The molecule has 1 amide bonds. The first-order valence-corrected chi connectivity index (χ1v) is 10.2. The number of carbonyl (C=O) groups is 1. The third-order valence-electron chi connectivity index (χ3n) is 5.23. The van der Waals surface area contributed by atoms with Gasteiger partial charge in [-0.2, -0.15) is 0 Å². The molecule has 1 heterocycles. The van der Waals surface area contributed by atoms with E-state index in [-0.39, 0.29) is 11.7 Å². The number of aryl methyl sites for hydroxylation is 3. The fourth-order valence-corrected chi connectivity index (χ4v) is 3.56. The number of nitrogens with zero attached hydrogens (tertiary/aromatic N) is 2. The minimum absolute atomic E-state index is 0.0971. The summed E-state index contributed by atoms with van der Waals surface area (Å²) in [6.45, 7) is 4.36. The lowest BCUT2D eigenvalue weighted by Gasteiger charge is -2.33. The summed E-state index contributed by atoms with van der Waals surface area (Å²) in [5, 5.41) is 2.79. The summed E-state index contributed by atoms with van der Waals surface area (Å²) < 4.78 is 13.9. The first kappa shape index (κ1) is 21.5. The van der Waals surface area contributed by atoms with Crippen LogP contribution in [-0.2, 0) is 11.2 Å². The SMILES string of the molecule is CNC(=O)[C@@H](c1ccccc1)N(CCCc1ccc(C)nc1)c1ccc(F)c(C)c1. The Balaban J connectivity index is 1.91. The zero-order valence-electron chi connectivity index (χ0n) is 17.7. The van der Waals surface area contributed by atoms with Gasteiger partial charge in [0.15, 0.2) is 0 Å². The number of anilines is 1. The van der Waals surface area contributed by atoms with Crippen LogP contribution in [0.25, 0.3) is 0 Å². The maximum atomic E-state index is 13.9. The maximum Gasteiger partial charge on any atom is 0.247 e. The zero-order chi connectivity index (χ0) is 21.5. The molecule has 30 heavy (non-hydrogen) atoms. The van der Waals surface area contributed by atoms with E-state index in [9.17, 15) is 9.18 Å². The normalized spacial score (nSPS) is 11.7. The Morgan fingerprint density at radius 1 is 1.10 bits per heavy atom. The van der Waals surface area contributed by atoms with E-state index < -0.39 is 6.04 Å². The number of nitrogens with one attached hydrogen (secondary N) is 1. The van der Waals surface area contributed by atoms with Crippen LogP contribution >= 0.6 is 0 Å². The minimum atomic E-state index is -0.503. The lowest BCUT2D eigenvalue weighted by molar-refractivity contribution is -0.122. The number of halogens is 1. The molecule has 1 aromatic heterocycles. The number of benzene rings is 2. The molecule has 0 aliphatic heterocycles. The average molecular weight is 406 g/mol. The molecule has 1 N–H and O–H groups in total. The van der Waals surface area contributed by atoms with Gasteiger partial charge in [0.05, 0.1) is 0 Å². The summed E-state index contributed by atoms with van der Waals surface area (Å²) in [5.41, 5.74) is 4.44. The highest BCUT2D eigenvalue weighted by Crippen LogP contribution is 2.29. The van der Waals surface area contributed by atoms with Crippen LogP contribution in [0.1, 0.15) is 34.8 Å². The number of likely N-dealkylation sites (N-methyl/N-ethyl adjacent to an activating group) is 1. The molecule has 0 saturated carbocycles. The molecule has 0 fully saturated rings. The van der Waals surface area contributed by atoms with Crippen molar-refractivity contribution in [3.05, 3.63) is 95.1 Å². The van der Waals surface area contributed by atoms with E-state index in [1.165, 1.54) is 6.07 Å². The van der Waals surface area contributed by atoms with E-state index in [1.54, 1.807) is 20.0 Å². The molecule has 0 aliphatic rings. The molecule has 3 aromatic rings. The van der Waals surface area contributed by atoms with Crippen LogP contribution in [0.2, 0.25) is 0 Å². The topological polar surface area (TPSA) is 45.2 Å². The van der Waals surface area contributed by atoms with Crippen LogP contribution in [0.3, 0.4) is 0 Å². The molecule has 2 aromatic carbocycles. The van der Waals surface area contributed by atoms with Crippen molar-refractivity contribution in [1.29, 1.82) is 0 Å². The van der Waals surface area contributed by atoms with Gasteiger partial charge in [-0.05, 0) is 67.6 Å². The highest BCUT2D eigenvalue weighted by atomic mass is 19.1. The molecule has 0 unspecified atom stereocenters. The molecule has 0 bridgehead atoms. The standard InChI is InChI=1S/C25H28FN3O/c1-18-16-22(13-14-23(18)26)29(15-7-8-20-12-11-19(2)28-17-20)24(25(30)27-3)21-9-5-4-6-10-21/h4-6,9-14,16-17,24H,7-8,15H2,1-3H3,(H,27,30)/t24-/m1/s1. The molecule has 4 nitrogen and oxygen atoms in total. The molecule has 3 rings (SSSR count). The van der Waals surface area contributed by atoms with Crippen molar-refractivity contribution in [3.8, 4) is 0 Å². The second-order valence-electron chi connectivity index (χ2n) is 7.47. The summed E-state index contributed by atoms with van der Waals surface area (Å²) in [7, 11) is 1.64. The van der Waals surface area contributed by atoms with Gasteiger partial charge in [-0.15, -0.1) is 0 Å². The number of hydrogen-bond acceptors (Lipinski definition) is 3. The number of aromatic nitrogens is 1. The Hall–Kier alpha value is -3.21. The van der Waals surface area contributed by atoms with Gasteiger partial charge in [0, 0.05) is 31.2 Å². The van der Waals surface area contributed by atoms with Gasteiger partial charge in [-0.3, -0.25) is 9.78 Å². The molecule has 0 radical (unpaired) electrons. The molecule has 0 saturated heterocycles. The van der Waals surface area contributed by atoms with E-state index in [1.807, 2.05) is 55.6 Å². The first-order valence-electron chi connectivity index (χ1n) is 10.2. The summed E-state index contributed by atoms with van der Waals surface area (Å²) in [5.74, 6) is -0.346. The Morgan fingerprint density at radius 2 is 1.87 bits per heavy atom. The molecular formula is C25H28FN3O. The monoisotopic (exact) mass is 405 g/mol. The van der Waals surface area contributed by atoms with Gasteiger partial charge in [-0.1, -0.05) is 36.4 Å². The smallest absolute Gasteiger partial charge is 0.247 e. The van der Waals surface area contributed by atoms with Gasteiger partial charge in [0.2, 0.25) is 5.91 Å². The second kappa shape index (κ2) is 10.0. The largest absolute Gasteiger partial charge is 0.357 e. The van der Waals surface area contributed by atoms with Gasteiger partial charge < -0.3 is 10.2 Å². The molecule has 0 spiro atoms. The van der Waals surface area contributed by atoms with Crippen molar-refractivity contribution in [2.24, 2.45) is 0 Å². The lowest BCUT2D eigenvalue weighted by Crippen LogP contribution is -2.40. The van der Waals surface area contributed by atoms with Gasteiger partial charge in [0.1, 0.15) is 11.9 Å². The second-order valence-corrected chi connectivity index (χ2v) is 7.47. The first-order chi connectivity index (χ1) is 14.5. The fraction of sp³-hybridized carbons (Fsp3) is 0.280. The van der Waals surface area contributed by atoms with Gasteiger partial charge in [-0.25, -0.2) is 4.39 Å². The van der Waals surface area contributed by atoms with E-state index in [0.717, 1.165) is 35.3 Å². The Morgan fingerprint density at radius 3 is 2.50 bits per heavy atom. The highest BCUT2D eigenvalue weighted by Gasteiger charge is 2.27. The molecular weight excluding hydrogens is 377 g/mol. The van der Waals surface area contributed by atoms with E-state index in [4.69, 9.17) is 0 Å². The van der Waals surface area contributed by atoms with Crippen LogP contribution in [0, 0.1) is 19.7 Å². The summed E-state index contributed by atoms with van der Waals surface area (Å²) >= 11 is 0. The summed E-state index contributed by atoms with van der Waals surface area (Å²) in [4.78, 5) is 19.3. The van der Waals surface area contributed by atoms with Gasteiger partial charge >= 0.3 is 0 Å². The van der Waals surface area contributed by atoms with Gasteiger partial charge in [0.25, 0.3) is 0 Å². The molecule has 156 valence electrons. The van der Waals surface area contributed by atoms with Crippen LogP contribution in [0.15, 0.2) is 66.9 Å². The third kappa shape index (κ3) is 5.23. The number of amides is 1. The van der Waals surface area contributed by atoms with E-state index in [0.29, 0.717) is 12.1 Å². The number of pyridine rings is 1. The lowest BCUT2D eigenvalue weighted by atomic mass is 10.0. The van der Waals surface area contributed by atoms with Crippen molar-refractivity contribution < 1.29 is 9.18 Å². The van der Waals surface area contributed by atoms with Crippen LogP contribution in [0.4, 0.5) is 10.1 Å². The summed E-state index contributed by atoms with van der Waals surface area (Å²) in [6, 6.07) is 18.3. The predicted molar refractivity (Wildman–Crippen MR) is 119 cm³/mol. The Kier molecular flexibility index (Phi) is 7.17. The minimum Gasteiger partial charge on any atom is -0.357 e. The van der Waals surface area contributed by atoms with Crippen LogP contribution in [0.5, 0.6) is 0 Å². The predicted octanol–water partition coefficient (Wildman–Crippen LogP) is 4.76. The van der Waals surface area contributed by atoms with Crippen molar-refractivity contribution in [3.63, 3.8) is 0 Å². The molecule has 1 atom stereocenters. The average Bonchev–Trinajstić information content (AvgIpc) is 2.76. The fourth-order valence-electron chi connectivity index (χ4n) is 3.56. The number of carbonyl (C=O) groups excluding carboxylic acids is 1. The van der Waals surface area contributed by atoms with Crippen molar-refractivity contribution in [2.45, 2.75) is 32.7 Å². The number of hydrogen-bond donors (Lipinski definition) is 1. The van der Waals surface area contributed by atoms with E-state index >= 15 is 0 Å². The molecule has 5 heteroatoms. The van der Waals surface area contributed by atoms with Crippen LogP contribution in [-0.4, -0.2) is 24.5 Å². The van der Waals surface area contributed by atoms with Crippen molar-refractivity contribution >= 4 is 11.6 Å². The number of rotatable bonds is 8. The Labute approximate surface area is 177 Å². The van der Waals surface area contributed by atoms with E-state index in [2.05, 4.69) is 21.3 Å². The quantitative estimate of drug-likeness (QED) is 0.587. The third-order valence-corrected chi connectivity index (χ3v) is 5.23. The van der Waals surface area contributed by atoms with Crippen molar-refractivity contribution in [1.82, 2.24) is 10.3 Å². The maximum absolute atomic E-state index is 13.9. The highest BCUT2D eigenvalue weighted by molar-refractivity contribution is 5.86. The van der Waals surface area contributed by atoms with Crippen LogP contribution < -0.4 is 10.2 Å². The van der Waals surface area contributed by atoms with Crippen molar-refractivity contribution in [2.75, 3.05) is 18.5 Å². The molecule has 0 aliphatic carbocycles.